The van der Waals surface area contributed by atoms with Crippen molar-refractivity contribution in [3.63, 3.8) is 0 Å². The van der Waals surface area contributed by atoms with E-state index in [1.54, 1.807) is 27.7 Å². The van der Waals surface area contributed by atoms with Crippen LogP contribution in [-0.2, 0) is 42.9 Å². The lowest BCUT2D eigenvalue weighted by molar-refractivity contribution is -0.210. The summed E-state index contributed by atoms with van der Waals surface area (Å²) in [6.45, 7) is 11.1. The molecule has 1 aliphatic carbocycles. The maximum absolute atomic E-state index is 14.4. The predicted octanol–water partition coefficient (Wildman–Crippen LogP) is 1.29. The Labute approximate surface area is 198 Å². The molecule has 0 amide bonds. The van der Waals surface area contributed by atoms with E-state index >= 15 is 0 Å². The van der Waals surface area contributed by atoms with Crippen molar-refractivity contribution >= 4 is 29.3 Å². The number of carbonyl (C=O) groups excluding carboxylic acids is 5. The Morgan fingerprint density at radius 3 is 1.44 bits per heavy atom. The Morgan fingerprint density at radius 2 is 1.12 bits per heavy atom. The average Bonchev–Trinajstić information content (AvgIpc) is 3.34. The first-order valence-corrected chi connectivity index (χ1v) is 12.0. The maximum atomic E-state index is 14.4. The zero-order chi connectivity index (χ0) is 25.2. The number of ketones is 3. The van der Waals surface area contributed by atoms with Crippen molar-refractivity contribution in [1.82, 2.24) is 0 Å². The second-order valence-corrected chi connectivity index (χ2v) is 11.2. The molecule has 11 atom stereocenters. The Hall–Kier alpha value is -2.13. The van der Waals surface area contributed by atoms with Crippen molar-refractivity contribution in [2.75, 3.05) is 13.2 Å². The molecule has 5 rings (SSSR count). The Kier molecular flexibility index (Phi) is 4.69. The van der Waals surface area contributed by atoms with Crippen LogP contribution in [0.3, 0.4) is 0 Å². The molecular weight excluding hydrogens is 444 g/mol. The highest BCUT2D eigenvalue weighted by molar-refractivity contribution is 6.03. The summed E-state index contributed by atoms with van der Waals surface area (Å²) in [7, 11) is 0. The largest absolute Gasteiger partial charge is 0.465 e. The van der Waals surface area contributed by atoms with E-state index in [2.05, 4.69) is 0 Å². The number of hydrogen-bond donors (Lipinski definition) is 0. The van der Waals surface area contributed by atoms with Crippen LogP contribution in [0.4, 0.5) is 0 Å². The van der Waals surface area contributed by atoms with Gasteiger partial charge in [0.05, 0.1) is 36.3 Å². The number of esters is 2. The molecule has 0 radical (unpaired) electrons. The van der Waals surface area contributed by atoms with Crippen LogP contribution in [0.25, 0.3) is 0 Å². The summed E-state index contributed by atoms with van der Waals surface area (Å²) in [6.07, 6.45) is 0. The molecule has 5 fully saturated rings. The van der Waals surface area contributed by atoms with E-state index < -0.39 is 75.8 Å². The highest BCUT2D eigenvalue weighted by Gasteiger charge is 2.87. The summed E-state index contributed by atoms with van der Waals surface area (Å²) in [4.78, 5) is 64.6. The van der Waals surface area contributed by atoms with Crippen LogP contribution >= 0.6 is 0 Å². The Morgan fingerprint density at radius 1 is 0.765 bits per heavy atom. The molecule has 1 saturated carbocycles. The average molecular weight is 477 g/mol. The second kappa shape index (κ2) is 6.75. The number of ether oxygens (including phenoxy) is 4. The highest BCUT2D eigenvalue weighted by Crippen LogP contribution is 2.73. The summed E-state index contributed by atoms with van der Waals surface area (Å²) >= 11 is 0. The summed E-state index contributed by atoms with van der Waals surface area (Å²) < 4.78 is 23.8. The Bertz CT molecular complexity index is 957. The van der Waals surface area contributed by atoms with Gasteiger partial charge in [-0.15, -0.1) is 0 Å². The molecule has 9 heteroatoms. The van der Waals surface area contributed by atoms with Crippen LogP contribution in [0, 0.1) is 41.4 Å². The van der Waals surface area contributed by atoms with Crippen molar-refractivity contribution in [1.29, 1.82) is 0 Å². The molecule has 1 unspecified atom stereocenters. The molecule has 0 aromatic rings. The fourth-order valence-electron chi connectivity index (χ4n) is 8.51. The van der Waals surface area contributed by atoms with Crippen LogP contribution in [0.2, 0.25) is 0 Å². The smallest absolute Gasteiger partial charge is 0.302 e. The fourth-order valence-corrected chi connectivity index (χ4v) is 8.51. The first-order chi connectivity index (χ1) is 15.7. The van der Waals surface area contributed by atoms with E-state index in [0.29, 0.717) is 0 Å². The van der Waals surface area contributed by atoms with E-state index in [1.165, 1.54) is 13.8 Å². The van der Waals surface area contributed by atoms with E-state index in [4.69, 9.17) is 18.9 Å². The number of hydrogen-bond acceptors (Lipinski definition) is 9. The Balaban J connectivity index is 1.68. The molecule has 4 aliphatic heterocycles. The van der Waals surface area contributed by atoms with Gasteiger partial charge in [0, 0.05) is 43.4 Å². The third-order valence-corrected chi connectivity index (χ3v) is 9.99. The summed E-state index contributed by atoms with van der Waals surface area (Å²) in [5, 5.41) is 0. The van der Waals surface area contributed by atoms with Crippen LogP contribution in [-0.4, -0.2) is 64.9 Å². The topological polar surface area (TPSA) is 122 Å². The van der Waals surface area contributed by atoms with Crippen molar-refractivity contribution in [3.8, 4) is 0 Å². The quantitative estimate of drug-likeness (QED) is 0.552. The molecule has 4 bridgehead atoms. The minimum Gasteiger partial charge on any atom is -0.465 e. The highest BCUT2D eigenvalue weighted by atomic mass is 16.6. The lowest BCUT2D eigenvalue weighted by Gasteiger charge is -2.57. The van der Waals surface area contributed by atoms with Gasteiger partial charge in [-0.05, 0) is 13.8 Å². The third-order valence-electron chi connectivity index (χ3n) is 9.99. The van der Waals surface area contributed by atoms with Crippen molar-refractivity contribution < 1.29 is 42.9 Å². The summed E-state index contributed by atoms with van der Waals surface area (Å²) in [5.41, 5.74) is -4.95. The van der Waals surface area contributed by atoms with Gasteiger partial charge in [0.25, 0.3) is 0 Å². The molecule has 4 saturated heterocycles. The van der Waals surface area contributed by atoms with Crippen LogP contribution in [0.15, 0.2) is 0 Å². The third kappa shape index (κ3) is 2.31. The standard InChI is InChI=1S/C25H32O9/c1-10-20(29)22(6)15(8-31-13(4)26)17-19(28)18-16(9-32-14(5)27)23(7)21(30)11(2)25(18,34-23)12(3)24(10,17)33-22/h10-12,15-18H,8-9H2,1-7H3/t10-,11+,12?,15-,16+,17+,18-,22+,23-,24-,25+. The zero-order valence-electron chi connectivity index (χ0n) is 20.6. The van der Waals surface area contributed by atoms with E-state index in [0.717, 1.165) is 0 Å². The van der Waals surface area contributed by atoms with Crippen molar-refractivity contribution in [2.45, 2.75) is 70.9 Å². The molecule has 0 aromatic heterocycles. The SMILES string of the molecule is CC(=O)OC[C@@H]1[C@H]2C(=O)[C@H]3[C@H](COC(C)=O)[C@@]4(C)O[C@]3(C(C)[C@@]23O[C@]1(C)C(=O)[C@H]3C)[C@@H](C)C4=O. The van der Waals surface area contributed by atoms with Gasteiger partial charge in [0.2, 0.25) is 0 Å². The number of fused-ring (bicyclic) bond motifs is 2. The van der Waals surface area contributed by atoms with Crippen molar-refractivity contribution in [3.05, 3.63) is 0 Å². The van der Waals surface area contributed by atoms with Crippen molar-refractivity contribution in [2.24, 2.45) is 41.4 Å². The summed E-state index contributed by atoms with van der Waals surface area (Å²) in [5.74, 6) is -5.88. The molecule has 34 heavy (non-hydrogen) atoms. The van der Waals surface area contributed by atoms with E-state index in [9.17, 15) is 24.0 Å². The molecule has 4 heterocycles. The number of carbonyl (C=O) groups is 5. The first kappa shape index (κ1) is 23.6. The monoisotopic (exact) mass is 476 g/mol. The number of rotatable bonds is 4. The lowest BCUT2D eigenvalue weighted by Crippen LogP contribution is -2.72. The van der Waals surface area contributed by atoms with Gasteiger partial charge in [0.1, 0.15) is 17.0 Å². The molecule has 9 nitrogen and oxygen atoms in total. The van der Waals surface area contributed by atoms with Gasteiger partial charge < -0.3 is 18.9 Å². The van der Waals surface area contributed by atoms with Crippen LogP contribution < -0.4 is 0 Å². The van der Waals surface area contributed by atoms with Gasteiger partial charge in [0.15, 0.2) is 11.6 Å². The second-order valence-electron chi connectivity index (χ2n) is 11.2. The minimum atomic E-state index is -1.29. The molecule has 0 aromatic carbocycles. The molecule has 0 N–H and O–H groups in total. The number of Topliss-reactive ketones (excluding diaryl/α,β-unsaturated/α-hetero) is 3. The van der Waals surface area contributed by atoms with E-state index in [-0.39, 0.29) is 30.6 Å². The first-order valence-electron chi connectivity index (χ1n) is 12.0. The predicted molar refractivity (Wildman–Crippen MR) is 114 cm³/mol. The minimum absolute atomic E-state index is 0.115. The molecule has 5 aliphatic rings. The fraction of sp³-hybridized carbons (Fsp3) is 0.800. The van der Waals surface area contributed by atoms with Gasteiger partial charge in [-0.1, -0.05) is 20.8 Å². The molecule has 186 valence electrons. The van der Waals surface area contributed by atoms with Crippen LogP contribution in [0.5, 0.6) is 0 Å². The molecular formula is C25H32O9. The normalized spacial score (nSPS) is 52.6. The zero-order valence-corrected chi connectivity index (χ0v) is 20.6. The lowest BCUT2D eigenvalue weighted by atomic mass is 9.44. The van der Waals surface area contributed by atoms with Crippen LogP contribution in [0.1, 0.15) is 48.5 Å². The van der Waals surface area contributed by atoms with E-state index in [1.807, 2.05) is 6.92 Å². The molecule has 2 spiro atoms. The van der Waals surface area contributed by atoms with Gasteiger partial charge >= 0.3 is 11.9 Å². The van der Waals surface area contributed by atoms with Gasteiger partial charge in [-0.25, -0.2) is 0 Å². The maximum Gasteiger partial charge on any atom is 0.302 e. The van der Waals surface area contributed by atoms with Gasteiger partial charge in [-0.3, -0.25) is 24.0 Å². The summed E-state index contributed by atoms with van der Waals surface area (Å²) in [6, 6.07) is 0. The van der Waals surface area contributed by atoms with Gasteiger partial charge in [-0.2, -0.15) is 0 Å².